The van der Waals surface area contributed by atoms with Crippen molar-refractivity contribution in [2.45, 2.75) is 38.4 Å². The molecule has 2 aromatic carbocycles. The highest BCUT2D eigenvalue weighted by Gasteiger charge is 2.33. The number of nitrogens with one attached hydrogen (secondary N) is 1. The molecule has 0 saturated carbocycles. The minimum absolute atomic E-state index is 0.210. The Bertz CT molecular complexity index is 1100. The number of alkyl halides is 3. The predicted molar refractivity (Wildman–Crippen MR) is 114 cm³/mol. The maximum absolute atomic E-state index is 13.1. The fourth-order valence-corrected chi connectivity index (χ4v) is 4.75. The number of fused-ring (bicyclic) bond motifs is 1. The minimum Gasteiger partial charge on any atom is -0.348 e. The zero-order valence-electron chi connectivity index (χ0n) is 17.0. The van der Waals surface area contributed by atoms with Crippen molar-refractivity contribution in [3.63, 3.8) is 0 Å². The summed E-state index contributed by atoms with van der Waals surface area (Å²) in [4.78, 5) is 12.6. The molecule has 3 rings (SSSR count). The molecule has 0 heterocycles. The van der Waals surface area contributed by atoms with E-state index in [1.54, 1.807) is 6.92 Å². The van der Waals surface area contributed by atoms with Gasteiger partial charge in [-0.3, -0.25) is 9.10 Å². The van der Waals surface area contributed by atoms with Crippen molar-refractivity contribution in [3.05, 3.63) is 63.7 Å². The van der Waals surface area contributed by atoms with Crippen LogP contribution in [0.15, 0.2) is 36.4 Å². The van der Waals surface area contributed by atoms with Crippen LogP contribution in [0, 0.1) is 0 Å². The molecule has 0 saturated heterocycles. The van der Waals surface area contributed by atoms with Gasteiger partial charge in [-0.15, -0.1) is 0 Å². The van der Waals surface area contributed by atoms with Gasteiger partial charge in [-0.2, -0.15) is 13.2 Å². The van der Waals surface area contributed by atoms with Crippen molar-refractivity contribution < 1.29 is 26.4 Å². The largest absolute Gasteiger partial charge is 0.416 e. The zero-order chi connectivity index (χ0) is 23.0. The molecule has 1 amide bonds. The molecule has 168 valence electrons. The molecule has 31 heavy (non-hydrogen) atoms. The maximum Gasteiger partial charge on any atom is 0.416 e. The Morgan fingerprint density at radius 3 is 2.48 bits per heavy atom. The topological polar surface area (TPSA) is 66.5 Å². The van der Waals surface area contributed by atoms with Gasteiger partial charge in [0, 0.05) is 0 Å². The summed E-state index contributed by atoms with van der Waals surface area (Å²) in [6, 6.07) is 7.88. The number of hydrogen-bond donors (Lipinski definition) is 1. The second-order valence-corrected chi connectivity index (χ2v) is 9.92. The van der Waals surface area contributed by atoms with E-state index in [9.17, 15) is 26.4 Å². The van der Waals surface area contributed by atoms with Crippen LogP contribution in [-0.4, -0.2) is 27.1 Å². The molecular formula is C21H22ClF3N2O3S. The lowest BCUT2D eigenvalue weighted by molar-refractivity contribution is -0.137. The van der Waals surface area contributed by atoms with Crippen LogP contribution in [0.2, 0.25) is 5.02 Å². The molecule has 1 aliphatic carbocycles. The van der Waals surface area contributed by atoms with Gasteiger partial charge in [-0.1, -0.05) is 29.8 Å². The Hall–Kier alpha value is -2.26. The van der Waals surface area contributed by atoms with E-state index in [-0.39, 0.29) is 5.02 Å². The highest BCUT2D eigenvalue weighted by atomic mass is 35.5. The molecule has 1 unspecified atom stereocenters. The number of anilines is 1. The SMILES string of the molecule is CC(NC(=O)CN(c1cc(C(F)(F)F)ccc1Cl)S(C)(=O)=O)c1ccc2c(c1)CCC2. The number of hydrogen-bond acceptors (Lipinski definition) is 3. The third kappa shape index (κ3) is 5.51. The normalized spacial score (nSPS) is 14.8. The lowest BCUT2D eigenvalue weighted by atomic mass is 10.0. The summed E-state index contributed by atoms with van der Waals surface area (Å²) in [6.07, 6.45) is -0.800. The molecule has 10 heteroatoms. The van der Waals surface area contributed by atoms with E-state index in [1.165, 1.54) is 11.1 Å². The van der Waals surface area contributed by atoms with E-state index in [2.05, 4.69) is 5.32 Å². The number of nitrogens with zero attached hydrogens (tertiary/aromatic N) is 1. The van der Waals surface area contributed by atoms with E-state index >= 15 is 0 Å². The lowest BCUT2D eigenvalue weighted by Gasteiger charge is -2.25. The van der Waals surface area contributed by atoms with Crippen LogP contribution in [0.5, 0.6) is 0 Å². The molecule has 0 aromatic heterocycles. The average molecular weight is 475 g/mol. The molecule has 0 spiro atoms. The van der Waals surface area contributed by atoms with E-state index in [1.807, 2.05) is 18.2 Å². The Kier molecular flexibility index (Phi) is 6.57. The molecular weight excluding hydrogens is 453 g/mol. The first-order valence-corrected chi connectivity index (χ1v) is 11.8. The lowest BCUT2D eigenvalue weighted by Crippen LogP contribution is -2.41. The van der Waals surface area contributed by atoms with Gasteiger partial charge in [-0.25, -0.2) is 8.42 Å². The molecule has 0 fully saturated rings. The van der Waals surface area contributed by atoms with Crippen LogP contribution >= 0.6 is 11.6 Å². The van der Waals surface area contributed by atoms with Gasteiger partial charge < -0.3 is 5.32 Å². The summed E-state index contributed by atoms with van der Waals surface area (Å²) >= 11 is 5.98. The van der Waals surface area contributed by atoms with Crippen molar-refractivity contribution in [1.82, 2.24) is 5.32 Å². The summed E-state index contributed by atoms with van der Waals surface area (Å²) in [5, 5.41) is 2.50. The number of rotatable bonds is 6. The predicted octanol–water partition coefficient (Wildman–Crippen LogP) is 4.49. The number of amides is 1. The second-order valence-electron chi connectivity index (χ2n) is 7.60. The summed E-state index contributed by atoms with van der Waals surface area (Å²) in [7, 11) is -4.09. The van der Waals surface area contributed by atoms with Crippen molar-refractivity contribution in [2.24, 2.45) is 0 Å². The number of carbonyl (C=O) groups is 1. The minimum atomic E-state index is -4.69. The van der Waals surface area contributed by atoms with Crippen LogP contribution in [-0.2, 0) is 33.8 Å². The van der Waals surface area contributed by atoms with Gasteiger partial charge in [0.1, 0.15) is 6.54 Å². The maximum atomic E-state index is 13.1. The summed E-state index contributed by atoms with van der Waals surface area (Å²) < 4.78 is 64.4. The molecule has 2 aromatic rings. The molecule has 1 aliphatic rings. The van der Waals surface area contributed by atoms with E-state index < -0.39 is 45.9 Å². The fourth-order valence-electron chi connectivity index (χ4n) is 3.62. The average Bonchev–Trinajstić information content (AvgIpc) is 3.12. The highest BCUT2D eigenvalue weighted by Crippen LogP contribution is 2.36. The number of sulfonamides is 1. The molecule has 5 nitrogen and oxygen atoms in total. The van der Waals surface area contributed by atoms with Crippen LogP contribution in [0.3, 0.4) is 0 Å². The standard InChI is InChI=1S/C21H22ClF3N2O3S/c1-13(15-7-6-14-4-3-5-16(14)10-15)26-20(28)12-27(31(2,29)30)19-11-17(21(23,24)25)8-9-18(19)22/h6-11,13H,3-5,12H2,1-2H3,(H,26,28). The Balaban J connectivity index is 1.81. The van der Waals surface area contributed by atoms with Crippen LogP contribution < -0.4 is 9.62 Å². The Labute approximate surface area is 184 Å². The Morgan fingerprint density at radius 2 is 1.84 bits per heavy atom. The van der Waals surface area contributed by atoms with Gasteiger partial charge >= 0.3 is 6.18 Å². The third-order valence-electron chi connectivity index (χ3n) is 5.23. The monoisotopic (exact) mass is 474 g/mol. The van der Waals surface area contributed by atoms with Crippen LogP contribution in [0.4, 0.5) is 18.9 Å². The van der Waals surface area contributed by atoms with Crippen molar-refractivity contribution >= 4 is 33.2 Å². The molecule has 0 radical (unpaired) electrons. The molecule has 1 N–H and O–H groups in total. The van der Waals surface area contributed by atoms with Crippen molar-refractivity contribution in [3.8, 4) is 0 Å². The first-order chi connectivity index (χ1) is 14.4. The summed E-state index contributed by atoms with van der Waals surface area (Å²) in [6.45, 7) is 1.06. The number of benzene rings is 2. The van der Waals surface area contributed by atoms with Gasteiger partial charge in [-0.05, 0) is 61.1 Å². The fraction of sp³-hybridized carbons (Fsp3) is 0.381. The van der Waals surface area contributed by atoms with Gasteiger partial charge in [0.2, 0.25) is 15.9 Å². The molecule has 0 aliphatic heterocycles. The van der Waals surface area contributed by atoms with Crippen LogP contribution in [0.1, 0.15) is 41.6 Å². The van der Waals surface area contributed by atoms with Crippen molar-refractivity contribution in [2.75, 3.05) is 17.1 Å². The first kappa shape index (κ1) is 23.4. The van der Waals surface area contributed by atoms with E-state index in [0.717, 1.165) is 43.2 Å². The Morgan fingerprint density at radius 1 is 1.16 bits per heavy atom. The zero-order valence-corrected chi connectivity index (χ0v) is 18.5. The van der Waals surface area contributed by atoms with E-state index in [4.69, 9.17) is 11.6 Å². The highest BCUT2D eigenvalue weighted by molar-refractivity contribution is 7.92. The van der Waals surface area contributed by atoms with Gasteiger partial charge in [0.05, 0.1) is 28.6 Å². The summed E-state index contributed by atoms with van der Waals surface area (Å²) in [5.41, 5.74) is 1.92. The first-order valence-electron chi connectivity index (χ1n) is 9.62. The van der Waals surface area contributed by atoms with E-state index in [0.29, 0.717) is 10.4 Å². The van der Waals surface area contributed by atoms with Gasteiger partial charge in [0.15, 0.2) is 0 Å². The summed E-state index contributed by atoms with van der Waals surface area (Å²) in [5.74, 6) is -0.660. The quantitative estimate of drug-likeness (QED) is 0.670. The number of carbonyl (C=O) groups excluding carboxylic acids is 1. The van der Waals surface area contributed by atoms with Crippen molar-refractivity contribution in [1.29, 1.82) is 0 Å². The number of aryl methyl sites for hydroxylation is 2. The third-order valence-corrected chi connectivity index (χ3v) is 6.68. The molecule has 1 atom stereocenters. The van der Waals surface area contributed by atoms with Crippen LogP contribution in [0.25, 0.3) is 0 Å². The number of halogens is 4. The smallest absolute Gasteiger partial charge is 0.348 e. The molecule has 0 bridgehead atoms. The van der Waals surface area contributed by atoms with Gasteiger partial charge in [0.25, 0.3) is 0 Å². The second kappa shape index (κ2) is 8.70.